The van der Waals surface area contributed by atoms with E-state index in [1.165, 1.54) is 7.11 Å². The molecule has 154 valence electrons. The van der Waals surface area contributed by atoms with Crippen LogP contribution >= 0.6 is 11.8 Å². The number of methoxy groups -OCH3 is 1. The summed E-state index contributed by atoms with van der Waals surface area (Å²) in [6.07, 6.45) is 1.55. The fraction of sp³-hybridized carbons (Fsp3) is 0.190. The molecule has 0 atom stereocenters. The molecule has 0 saturated carbocycles. The van der Waals surface area contributed by atoms with Gasteiger partial charge >= 0.3 is 0 Å². The molecule has 9 heteroatoms. The van der Waals surface area contributed by atoms with Crippen LogP contribution in [0.2, 0.25) is 0 Å². The number of carbonyl (C=O) groups excluding carboxylic acids is 3. The summed E-state index contributed by atoms with van der Waals surface area (Å²) in [6, 6.07) is 10.6. The highest BCUT2D eigenvalue weighted by Crippen LogP contribution is 2.40. The zero-order valence-electron chi connectivity index (χ0n) is 16.3. The lowest BCUT2D eigenvalue weighted by Crippen LogP contribution is -2.36. The highest BCUT2D eigenvalue weighted by atomic mass is 32.2. The van der Waals surface area contributed by atoms with Crippen molar-refractivity contribution in [2.24, 2.45) is 0 Å². The Morgan fingerprint density at radius 1 is 1.20 bits per heavy atom. The summed E-state index contributed by atoms with van der Waals surface area (Å²) in [5.74, 6) is 0.554. The van der Waals surface area contributed by atoms with Crippen molar-refractivity contribution < 1.29 is 28.6 Å². The van der Waals surface area contributed by atoms with Crippen LogP contribution in [0.3, 0.4) is 0 Å². The average molecular weight is 426 g/mol. The van der Waals surface area contributed by atoms with Gasteiger partial charge in [0.05, 0.1) is 12.0 Å². The van der Waals surface area contributed by atoms with Crippen molar-refractivity contribution in [2.75, 3.05) is 25.8 Å². The largest absolute Gasteiger partial charge is 0.496 e. The third-order valence-corrected chi connectivity index (χ3v) is 5.43. The summed E-state index contributed by atoms with van der Waals surface area (Å²) in [5.41, 5.74) is 2.22. The second-order valence-electron chi connectivity index (χ2n) is 6.63. The molecule has 2 aliphatic heterocycles. The monoisotopic (exact) mass is 426 g/mol. The molecular weight excluding hydrogens is 408 g/mol. The number of hydrogen-bond acceptors (Lipinski definition) is 7. The normalized spacial score (nSPS) is 16.3. The minimum absolute atomic E-state index is 0.106. The van der Waals surface area contributed by atoms with Gasteiger partial charge in [0.2, 0.25) is 12.7 Å². The molecule has 0 spiro atoms. The van der Waals surface area contributed by atoms with E-state index in [0.29, 0.717) is 28.5 Å². The molecular formula is C21H18N2O6S. The van der Waals surface area contributed by atoms with Gasteiger partial charge in [-0.05, 0) is 43.0 Å². The van der Waals surface area contributed by atoms with Gasteiger partial charge < -0.3 is 19.5 Å². The van der Waals surface area contributed by atoms with Gasteiger partial charge in [0.25, 0.3) is 11.1 Å². The Balaban J connectivity index is 1.50. The van der Waals surface area contributed by atoms with E-state index < -0.39 is 17.1 Å². The zero-order valence-corrected chi connectivity index (χ0v) is 17.1. The number of anilines is 1. The predicted molar refractivity (Wildman–Crippen MR) is 112 cm³/mol. The second kappa shape index (κ2) is 8.11. The van der Waals surface area contributed by atoms with Crippen LogP contribution in [-0.2, 0) is 9.59 Å². The first kappa shape index (κ1) is 19.8. The summed E-state index contributed by atoms with van der Waals surface area (Å²) in [5, 5.41) is 2.17. The molecule has 0 aliphatic carbocycles. The summed E-state index contributed by atoms with van der Waals surface area (Å²) in [4.78, 5) is 38.5. The maximum absolute atomic E-state index is 12.7. The number of hydrogen-bond donors (Lipinski definition) is 1. The fourth-order valence-electron chi connectivity index (χ4n) is 2.99. The number of ether oxygens (including phenoxy) is 3. The highest BCUT2D eigenvalue weighted by Gasteiger charge is 2.36. The van der Waals surface area contributed by atoms with Crippen molar-refractivity contribution in [1.82, 2.24) is 4.90 Å². The lowest BCUT2D eigenvalue weighted by Gasteiger charge is -2.12. The van der Waals surface area contributed by atoms with Gasteiger partial charge in [-0.1, -0.05) is 17.7 Å². The van der Waals surface area contributed by atoms with Crippen molar-refractivity contribution in [3.63, 3.8) is 0 Å². The smallest absolute Gasteiger partial charge is 0.294 e. The molecule has 0 unspecified atom stereocenters. The van der Waals surface area contributed by atoms with Crippen LogP contribution < -0.4 is 19.5 Å². The van der Waals surface area contributed by atoms with Gasteiger partial charge in [-0.2, -0.15) is 0 Å². The Morgan fingerprint density at radius 3 is 2.60 bits per heavy atom. The van der Waals surface area contributed by atoms with Gasteiger partial charge in [0, 0.05) is 17.3 Å². The van der Waals surface area contributed by atoms with Gasteiger partial charge in [-0.25, -0.2) is 0 Å². The lowest BCUT2D eigenvalue weighted by atomic mass is 10.1. The molecule has 1 saturated heterocycles. The van der Waals surface area contributed by atoms with E-state index in [0.717, 1.165) is 22.2 Å². The fourth-order valence-corrected chi connectivity index (χ4v) is 3.82. The Morgan fingerprint density at radius 2 is 1.90 bits per heavy atom. The van der Waals surface area contributed by atoms with Crippen LogP contribution in [-0.4, -0.2) is 42.4 Å². The number of amides is 3. The van der Waals surface area contributed by atoms with Crippen molar-refractivity contribution in [2.45, 2.75) is 6.92 Å². The highest BCUT2D eigenvalue weighted by molar-refractivity contribution is 8.18. The van der Waals surface area contributed by atoms with Crippen LogP contribution in [0.25, 0.3) is 6.08 Å². The zero-order chi connectivity index (χ0) is 21.3. The quantitative estimate of drug-likeness (QED) is 0.732. The standard InChI is InChI=1S/C21H18N2O6S/c1-12-3-5-14(6-4-12)22-19(24)10-23-20(25)18(30-21(23)26)8-13-7-16-17(29-11-28-16)9-15(13)27-2/h3-9H,10-11H2,1-2H3,(H,22,24)/b18-8+. The molecule has 2 aromatic rings. The number of aryl methyl sites for hydroxylation is 1. The molecule has 2 aromatic carbocycles. The van der Waals surface area contributed by atoms with E-state index in [1.54, 1.807) is 30.3 Å². The van der Waals surface area contributed by atoms with E-state index >= 15 is 0 Å². The lowest BCUT2D eigenvalue weighted by molar-refractivity contribution is -0.127. The van der Waals surface area contributed by atoms with E-state index in [1.807, 2.05) is 19.1 Å². The number of rotatable bonds is 5. The molecule has 0 bridgehead atoms. The van der Waals surface area contributed by atoms with Crippen molar-refractivity contribution in [3.05, 3.63) is 52.4 Å². The summed E-state index contributed by atoms with van der Waals surface area (Å²) in [7, 11) is 1.50. The minimum atomic E-state index is -0.538. The van der Waals surface area contributed by atoms with Crippen LogP contribution in [0.4, 0.5) is 10.5 Å². The van der Waals surface area contributed by atoms with Gasteiger partial charge in [-0.15, -0.1) is 0 Å². The topological polar surface area (TPSA) is 94.2 Å². The predicted octanol–water partition coefficient (Wildman–Crippen LogP) is 3.41. The van der Waals surface area contributed by atoms with Gasteiger partial charge in [0.1, 0.15) is 12.3 Å². The SMILES string of the molecule is COc1cc2c(cc1/C=C1/SC(=O)N(CC(=O)Nc3ccc(C)cc3)C1=O)OCO2. The van der Waals surface area contributed by atoms with Crippen molar-refractivity contribution in [3.8, 4) is 17.2 Å². The average Bonchev–Trinajstić information content (AvgIpc) is 3.28. The molecule has 4 rings (SSSR count). The number of imide groups is 1. The molecule has 8 nitrogen and oxygen atoms in total. The number of nitrogens with one attached hydrogen (secondary N) is 1. The summed E-state index contributed by atoms with van der Waals surface area (Å²) in [6.45, 7) is 1.68. The van der Waals surface area contributed by atoms with Gasteiger partial charge in [0.15, 0.2) is 11.5 Å². The molecule has 1 N–H and O–H groups in total. The van der Waals surface area contributed by atoms with Crippen LogP contribution in [0.5, 0.6) is 17.2 Å². The van der Waals surface area contributed by atoms with E-state index in [-0.39, 0.29) is 18.2 Å². The first-order valence-electron chi connectivity index (χ1n) is 9.04. The first-order valence-corrected chi connectivity index (χ1v) is 9.86. The van der Waals surface area contributed by atoms with Gasteiger partial charge in [-0.3, -0.25) is 19.3 Å². The molecule has 30 heavy (non-hydrogen) atoms. The minimum Gasteiger partial charge on any atom is -0.496 e. The molecule has 0 radical (unpaired) electrons. The third-order valence-electron chi connectivity index (χ3n) is 4.52. The summed E-state index contributed by atoms with van der Waals surface area (Å²) >= 11 is 0.770. The maximum Gasteiger partial charge on any atom is 0.294 e. The number of thioether (sulfide) groups is 1. The summed E-state index contributed by atoms with van der Waals surface area (Å²) < 4.78 is 16.0. The Hall–Kier alpha value is -3.46. The number of carbonyl (C=O) groups is 3. The van der Waals surface area contributed by atoms with E-state index in [9.17, 15) is 14.4 Å². The number of fused-ring (bicyclic) bond motifs is 1. The van der Waals surface area contributed by atoms with Crippen LogP contribution in [0.1, 0.15) is 11.1 Å². The van der Waals surface area contributed by atoms with Crippen LogP contribution in [0.15, 0.2) is 41.3 Å². The Kier molecular flexibility index (Phi) is 5.37. The first-order chi connectivity index (χ1) is 14.4. The van der Waals surface area contributed by atoms with Crippen molar-refractivity contribution in [1.29, 1.82) is 0 Å². The molecule has 2 aliphatic rings. The number of nitrogens with zero attached hydrogens (tertiary/aromatic N) is 1. The molecule has 2 heterocycles. The van der Waals surface area contributed by atoms with E-state index in [2.05, 4.69) is 5.32 Å². The van der Waals surface area contributed by atoms with Crippen molar-refractivity contribution >= 4 is 40.6 Å². The van der Waals surface area contributed by atoms with Crippen LogP contribution in [0, 0.1) is 6.92 Å². The maximum atomic E-state index is 12.7. The second-order valence-corrected chi connectivity index (χ2v) is 7.62. The Labute approximate surface area is 176 Å². The Bertz CT molecular complexity index is 1060. The molecule has 0 aromatic heterocycles. The molecule has 3 amide bonds. The van der Waals surface area contributed by atoms with E-state index in [4.69, 9.17) is 14.2 Å². The molecule has 1 fully saturated rings. The third kappa shape index (κ3) is 3.97. The number of benzene rings is 2.